The number of nitrogens with two attached hydrogens (primary N) is 1. The Bertz CT molecular complexity index is 432. The Kier molecular flexibility index (Phi) is 4.21. The first kappa shape index (κ1) is 12.4. The summed E-state index contributed by atoms with van der Waals surface area (Å²) < 4.78 is 0. The molecule has 1 aromatic rings. The van der Waals surface area contributed by atoms with E-state index < -0.39 is 0 Å². The summed E-state index contributed by atoms with van der Waals surface area (Å²) >= 11 is 0. The smallest absolute Gasteiger partial charge is 0.159 e. The van der Waals surface area contributed by atoms with E-state index in [1.54, 1.807) is 6.07 Å². The molecule has 3 heteroatoms. The van der Waals surface area contributed by atoms with Crippen molar-refractivity contribution in [2.75, 3.05) is 0 Å². The van der Waals surface area contributed by atoms with Crippen molar-refractivity contribution < 1.29 is 4.79 Å². The van der Waals surface area contributed by atoms with Gasteiger partial charge in [0.1, 0.15) is 0 Å². The highest BCUT2D eigenvalue weighted by Crippen LogP contribution is 2.16. The third kappa shape index (κ3) is 2.91. The molecule has 0 aliphatic heterocycles. The summed E-state index contributed by atoms with van der Waals surface area (Å²) in [6, 6.07) is 7.70. The summed E-state index contributed by atoms with van der Waals surface area (Å²) in [6.07, 6.45) is 0.682. The number of hydrogen-bond donors (Lipinski definition) is 1. The van der Waals surface area contributed by atoms with E-state index in [9.17, 15) is 4.79 Å². The zero-order valence-corrected chi connectivity index (χ0v) is 9.66. The first-order valence-electron chi connectivity index (χ1n) is 5.31. The van der Waals surface area contributed by atoms with Gasteiger partial charge in [0, 0.05) is 18.0 Å². The van der Waals surface area contributed by atoms with E-state index in [4.69, 9.17) is 11.0 Å². The number of Topliss-reactive ketones (excluding diaryl/α,β-unsaturated/α-hetero) is 1. The Morgan fingerprint density at radius 1 is 1.50 bits per heavy atom. The van der Waals surface area contributed by atoms with Crippen LogP contribution in [0.25, 0.3) is 0 Å². The fourth-order valence-electron chi connectivity index (χ4n) is 1.61. The zero-order chi connectivity index (χ0) is 12.1. The molecule has 16 heavy (non-hydrogen) atoms. The van der Waals surface area contributed by atoms with Crippen LogP contribution in [0, 0.1) is 17.2 Å². The fourth-order valence-corrected chi connectivity index (χ4v) is 1.61. The van der Waals surface area contributed by atoms with Crippen molar-refractivity contribution in [3.63, 3.8) is 0 Å². The van der Waals surface area contributed by atoms with Crippen LogP contribution in [0.4, 0.5) is 0 Å². The molecule has 0 aliphatic carbocycles. The minimum absolute atomic E-state index is 0.0338. The molecule has 0 aromatic heterocycles. The van der Waals surface area contributed by atoms with E-state index in [1.165, 1.54) is 6.92 Å². The molecule has 0 saturated heterocycles. The summed E-state index contributed by atoms with van der Waals surface area (Å²) in [4.78, 5) is 11.2. The van der Waals surface area contributed by atoms with E-state index in [1.807, 2.05) is 19.1 Å². The number of nitrogens with zero attached hydrogens (tertiary/aromatic N) is 1. The molecule has 0 radical (unpaired) electrons. The van der Waals surface area contributed by atoms with Crippen LogP contribution in [-0.4, -0.2) is 5.78 Å². The second kappa shape index (κ2) is 5.43. The second-order valence-corrected chi connectivity index (χ2v) is 3.98. The van der Waals surface area contributed by atoms with E-state index in [2.05, 4.69) is 6.07 Å². The number of ketones is 1. The van der Waals surface area contributed by atoms with Crippen LogP contribution in [0.5, 0.6) is 0 Å². The molecule has 0 amide bonds. The maximum absolute atomic E-state index is 11.2. The summed E-state index contributed by atoms with van der Waals surface area (Å²) in [5.74, 6) is 0.00283. The quantitative estimate of drug-likeness (QED) is 0.783. The molecule has 0 heterocycles. The molecule has 0 bridgehead atoms. The number of hydrogen-bond acceptors (Lipinski definition) is 3. The van der Waals surface area contributed by atoms with Crippen molar-refractivity contribution in [1.82, 2.24) is 0 Å². The van der Waals surface area contributed by atoms with Crippen LogP contribution in [0.1, 0.15) is 35.3 Å². The van der Waals surface area contributed by atoms with Crippen molar-refractivity contribution in [3.8, 4) is 6.07 Å². The van der Waals surface area contributed by atoms with Gasteiger partial charge in [-0.3, -0.25) is 4.79 Å². The molecule has 1 unspecified atom stereocenters. The Morgan fingerprint density at radius 2 is 2.19 bits per heavy atom. The van der Waals surface area contributed by atoms with Gasteiger partial charge in [-0.25, -0.2) is 0 Å². The number of rotatable bonds is 4. The summed E-state index contributed by atoms with van der Waals surface area (Å²) in [5, 5.41) is 8.77. The van der Waals surface area contributed by atoms with Gasteiger partial charge in [-0.2, -0.15) is 5.26 Å². The van der Waals surface area contributed by atoms with Crippen LogP contribution in [0.15, 0.2) is 18.2 Å². The minimum atomic E-state index is -0.0338. The Labute approximate surface area is 95.9 Å². The molecule has 1 atom stereocenters. The number of nitriles is 1. The summed E-state index contributed by atoms with van der Waals surface area (Å²) in [7, 11) is 0. The second-order valence-electron chi connectivity index (χ2n) is 3.98. The molecular weight excluding hydrogens is 200 g/mol. The normalized spacial score (nSPS) is 11.9. The molecule has 1 rings (SSSR count). The van der Waals surface area contributed by atoms with Crippen molar-refractivity contribution in [2.45, 2.75) is 26.8 Å². The number of benzene rings is 1. The van der Waals surface area contributed by atoms with Gasteiger partial charge in [0.25, 0.3) is 0 Å². The first-order valence-corrected chi connectivity index (χ1v) is 5.31. The van der Waals surface area contributed by atoms with Crippen molar-refractivity contribution in [1.29, 1.82) is 5.26 Å². The van der Waals surface area contributed by atoms with Crippen LogP contribution in [-0.2, 0) is 13.0 Å². The van der Waals surface area contributed by atoms with Crippen LogP contribution in [0.3, 0.4) is 0 Å². The lowest BCUT2D eigenvalue weighted by Gasteiger charge is -2.10. The number of carbonyl (C=O) groups excluding carboxylic acids is 1. The summed E-state index contributed by atoms with van der Waals surface area (Å²) in [6.45, 7) is 3.81. The minimum Gasteiger partial charge on any atom is -0.326 e. The van der Waals surface area contributed by atoms with Gasteiger partial charge in [-0.15, -0.1) is 0 Å². The van der Waals surface area contributed by atoms with Gasteiger partial charge in [0.15, 0.2) is 5.78 Å². The van der Waals surface area contributed by atoms with Crippen LogP contribution >= 0.6 is 0 Å². The molecule has 1 aromatic carbocycles. The zero-order valence-electron chi connectivity index (χ0n) is 9.66. The third-order valence-corrected chi connectivity index (χ3v) is 2.58. The maximum atomic E-state index is 11.2. The largest absolute Gasteiger partial charge is 0.326 e. The number of carbonyl (C=O) groups is 1. The van der Waals surface area contributed by atoms with Gasteiger partial charge in [0.05, 0.1) is 6.07 Å². The predicted octanol–water partition coefficient (Wildman–Crippen LogP) is 2.05. The molecule has 0 fully saturated rings. The summed E-state index contributed by atoms with van der Waals surface area (Å²) in [5.41, 5.74) is 8.33. The van der Waals surface area contributed by atoms with Gasteiger partial charge >= 0.3 is 0 Å². The van der Waals surface area contributed by atoms with Crippen LogP contribution in [0.2, 0.25) is 0 Å². The monoisotopic (exact) mass is 216 g/mol. The van der Waals surface area contributed by atoms with Gasteiger partial charge in [-0.1, -0.05) is 12.1 Å². The van der Waals surface area contributed by atoms with Gasteiger partial charge in [0.2, 0.25) is 0 Å². The molecule has 2 N–H and O–H groups in total. The van der Waals surface area contributed by atoms with Gasteiger partial charge in [-0.05, 0) is 37.5 Å². The van der Waals surface area contributed by atoms with Crippen LogP contribution < -0.4 is 5.73 Å². The fraction of sp³-hybridized carbons (Fsp3) is 0.385. The Morgan fingerprint density at radius 3 is 2.69 bits per heavy atom. The van der Waals surface area contributed by atoms with E-state index in [-0.39, 0.29) is 11.7 Å². The molecule has 0 spiro atoms. The molecule has 0 aliphatic rings. The SMILES string of the molecule is CC(=O)c1ccc(CC(C)C#N)c(CN)c1. The topological polar surface area (TPSA) is 66.9 Å². The lowest BCUT2D eigenvalue weighted by Crippen LogP contribution is -2.07. The first-order chi connectivity index (χ1) is 7.58. The highest BCUT2D eigenvalue weighted by Gasteiger charge is 2.08. The van der Waals surface area contributed by atoms with Crippen molar-refractivity contribution in [3.05, 3.63) is 34.9 Å². The Hall–Kier alpha value is -1.66. The Balaban J connectivity index is 3.03. The highest BCUT2D eigenvalue weighted by atomic mass is 16.1. The molecule has 84 valence electrons. The van der Waals surface area contributed by atoms with E-state index in [0.29, 0.717) is 18.5 Å². The highest BCUT2D eigenvalue weighted by molar-refractivity contribution is 5.94. The molecule has 0 saturated carbocycles. The molecule has 3 nitrogen and oxygen atoms in total. The average Bonchev–Trinajstić information content (AvgIpc) is 2.29. The lowest BCUT2D eigenvalue weighted by molar-refractivity contribution is 0.101. The maximum Gasteiger partial charge on any atom is 0.159 e. The lowest BCUT2D eigenvalue weighted by atomic mass is 9.95. The van der Waals surface area contributed by atoms with Crippen molar-refractivity contribution in [2.24, 2.45) is 11.7 Å². The average molecular weight is 216 g/mol. The van der Waals surface area contributed by atoms with E-state index in [0.717, 1.165) is 11.1 Å². The predicted molar refractivity (Wildman–Crippen MR) is 62.8 cm³/mol. The standard InChI is InChI=1S/C13H16N2O/c1-9(7-14)5-12-4-3-11(10(2)16)6-13(12)8-15/h3-4,6,9H,5,8,15H2,1-2H3. The third-order valence-electron chi connectivity index (χ3n) is 2.58. The molecular formula is C13H16N2O. The van der Waals surface area contributed by atoms with Crippen molar-refractivity contribution >= 4 is 5.78 Å². The van der Waals surface area contributed by atoms with Gasteiger partial charge < -0.3 is 5.73 Å². The van der Waals surface area contributed by atoms with E-state index >= 15 is 0 Å².